The fourth-order valence-electron chi connectivity index (χ4n) is 4.35. The normalized spacial score (nSPS) is 19.6. The van der Waals surface area contributed by atoms with E-state index in [4.69, 9.17) is 11.6 Å². The summed E-state index contributed by atoms with van der Waals surface area (Å²) in [6.07, 6.45) is 3.81. The Morgan fingerprint density at radius 2 is 1.96 bits per heavy atom. The van der Waals surface area contributed by atoms with Crippen LogP contribution in [0, 0.1) is 0 Å². The molecule has 0 bridgehead atoms. The minimum atomic E-state index is 0.359. The average molecular weight is 405 g/mol. The van der Waals surface area contributed by atoms with E-state index in [1.165, 1.54) is 31.7 Å². The van der Waals surface area contributed by atoms with Gasteiger partial charge in [-0.1, -0.05) is 48.0 Å². The van der Waals surface area contributed by atoms with Crippen molar-refractivity contribution in [2.24, 2.45) is 0 Å². The summed E-state index contributed by atoms with van der Waals surface area (Å²) >= 11 is 8.27. The van der Waals surface area contributed by atoms with Crippen LogP contribution >= 0.6 is 22.9 Å². The van der Waals surface area contributed by atoms with Gasteiger partial charge < -0.3 is 0 Å². The van der Waals surface area contributed by atoms with Crippen LogP contribution in [0.15, 0.2) is 73.1 Å². The summed E-state index contributed by atoms with van der Waals surface area (Å²) in [6.45, 7) is 4.19. The zero-order valence-corrected chi connectivity index (χ0v) is 17.3. The maximum Gasteiger partial charge on any atom is 0.0413 e. The van der Waals surface area contributed by atoms with Gasteiger partial charge in [-0.25, -0.2) is 0 Å². The minimum Gasteiger partial charge on any atom is -0.291 e. The van der Waals surface area contributed by atoms with Crippen LogP contribution in [0.4, 0.5) is 0 Å². The number of hydrogen-bond acceptors (Lipinski definition) is 3. The van der Waals surface area contributed by atoms with E-state index in [9.17, 15) is 0 Å². The van der Waals surface area contributed by atoms with E-state index < -0.39 is 0 Å². The largest absolute Gasteiger partial charge is 0.291 e. The second-order valence-electron chi connectivity index (χ2n) is 7.48. The lowest BCUT2D eigenvalue weighted by atomic mass is 9.84. The van der Waals surface area contributed by atoms with Crippen molar-refractivity contribution in [1.82, 2.24) is 9.88 Å². The summed E-state index contributed by atoms with van der Waals surface area (Å²) in [5, 5.41) is 2.11. The monoisotopic (exact) mass is 404 g/mol. The maximum atomic E-state index is 6.35. The Labute approximate surface area is 174 Å². The smallest absolute Gasteiger partial charge is 0.0413 e. The molecule has 140 valence electrons. The fraction of sp³-hybridized carbons (Fsp3) is 0.208. The summed E-state index contributed by atoms with van der Waals surface area (Å²) in [6, 6.07) is 21.8. The molecule has 1 aliphatic heterocycles. The minimum absolute atomic E-state index is 0.359. The molecule has 0 saturated carbocycles. The van der Waals surface area contributed by atoms with Crippen LogP contribution < -0.4 is 0 Å². The topological polar surface area (TPSA) is 16.1 Å². The first-order chi connectivity index (χ1) is 13.7. The van der Waals surface area contributed by atoms with Gasteiger partial charge in [-0.2, -0.15) is 0 Å². The molecule has 0 fully saturated rings. The van der Waals surface area contributed by atoms with E-state index in [-0.39, 0.29) is 0 Å². The first-order valence-electron chi connectivity index (χ1n) is 9.59. The van der Waals surface area contributed by atoms with Gasteiger partial charge in [0.2, 0.25) is 0 Å². The Hall–Kier alpha value is -2.20. The number of hydrogen-bond donors (Lipinski definition) is 0. The Morgan fingerprint density at radius 1 is 1.11 bits per heavy atom. The molecule has 5 rings (SSSR count). The van der Waals surface area contributed by atoms with Crippen molar-refractivity contribution in [3.8, 4) is 0 Å². The number of nitrogens with zero attached hydrogens (tertiary/aromatic N) is 2. The van der Waals surface area contributed by atoms with Crippen LogP contribution in [-0.4, -0.2) is 15.9 Å². The molecule has 0 radical (unpaired) electrons. The molecule has 2 aromatic carbocycles. The first-order valence-corrected chi connectivity index (χ1v) is 10.8. The molecule has 1 aliphatic rings. The average Bonchev–Trinajstić information content (AvgIpc) is 3.07. The van der Waals surface area contributed by atoms with E-state index >= 15 is 0 Å². The molecule has 2 nitrogen and oxygen atoms in total. The molecule has 2 atom stereocenters. The van der Waals surface area contributed by atoms with Crippen molar-refractivity contribution in [2.75, 3.05) is 0 Å². The van der Waals surface area contributed by atoms with Crippen LogP contribution in [0.3, 0.4) is 0 Å². The molecule has 4 aromatic rings. The third kappa shape index (κ3) is 3.14. The van der Waals surface area contributed by atoms with E-state index in [0.717, 1.165) is 18.1 Å². The molecular weight excluding hydrogens is 384 g/mol. The fourth-order valence-corrected chi connectivity index (χ4v) is 5.94. The highest BCUT2D eigenvalue weighted by atomic mass is 35.5. The lowest BCUT2D eigenvalue weighted by Crippen LogP contribution is -2.40. The van der Waals surface area contributed by atoms with Crippen molar-refractivity contribution in [2.45, 2.75) is 32.0 Å². The van der Waals surface area contributed by atoms with Crippen molar-refractivity contribution in [1.29, 1.82) is 0 Å². The van der Waals surface area contributed by atoms with Gasteiger partial charge in [-0.05, 0) is 53.3 Å². The SMILES string of the molecule is CC1C(c2ccccc2)c2sc3ccc(Cl)cc3c2CN1Cc1cccnc1. The molecule has 0 saturated heterocycles. The molecule has 0 aliphatic carbocycles. The van der Waals surface area contributed by atoms with Crippen molar-refractivity contribution in [3.05, 3.63) is 99.6 Å². The summed E-state index contributed by atoms with van der Waals surface area (Å²) in [7, 11) is 0. The number of fused-ring (bicyclic) bond motifs is 3. The molecular formula is C24H21ClN2S. The lowest BCUT2D eigenvalue weighted by molar-refractivity contribution is 0.163. The first kappa shape index (κ1) is 17.9. The number of thiophene rings is 1. The van der Waals surface area contributed by atoms with Crippen LogP contribution in [0.2, 0.25) is 5.02 Å². The summed E-state index contributed by atoms with van der Waals surface area (Å²) in [5.74, 6) is 0.359. The molecule has 2 aromatic heterocycles. The van der Waals surface area contributed by atoms with Gasteiger partial charge in [-0.3, -0.25) is 9.88 Å². The van der Waals surface area contributed by atoms with Crippen LogP contribution in [-0.2, 0) is 13.1 Å². The number of benzene rings is 2. The molecule has 4 heteroatoms. The summed E-state index contributed by atoms with van der Waals surface area (Å²) < 4.78 is 1.32. The van der Waals surface area contributed by atoms with Gasteiger partial charge in [0.15, 0.2) is 0 Å². The zero-order chi connectivity index (χ0) is 19.1. The molecule has 2 unspecified atom stereocenters. The summed E-state index contributed by atoms with van der Waals surface area (Å²) in [4.78, 5) is 8.36. The second kappa shape index (κ2) is 7.32. The quantitative estimate of drug-likeness (QED) is 0.388. The lowest BCUT2D eigenvalue weighted by Gasteiger charge is -2.39. The highest BCUT2D eigenvalue weighted by Crippen LogP contribution is 2.46. The summed E-state index contributed by atoms with van der Waals surface area (Å²) in [5.41, 5.74) is 4.06. The molecule has 3 heterocycles. The van der Waals surface area contributed by atoms with Crippen LogP contribution in [0.25, 0.3) is 10.1 Å². The number of rotatable bonds is 3. The van der Waals surface area contributed by atoms with E-state index in [1.54, 1.807) is 0 Å². The Bertz CT molecular complexity index is 1110. The number of aromatic nitrogens is 1. The zero-order valence-electron chi connectivity index (χ0n) is 15.7. The van der Waals surface area contributed by atoms with Gasteiger partial charge in [0, 0.05) is 52.0 Å². The molecule has 0 amide bonds. The molecule has 0 spiro atoms. The maximum absolute atomic E-state index is 6.35. The highest BCUT2D eigenvalue weighted by Gasteiger charge is 2.35. The van der Waals surface area contributed by atoms with Gasteiger partial charge in [0.25, 0.3) is 0 Å². The van der Waals surface area contributed by atoms with E-state index in [1.807, 2.05) is 35.9 Å². The van der Waals surface area contributed by atoms with Crippen LogP contribution in [0.1, 0.15) is 34.4 Å². The Kier molecular flexibility index (Phi) is 4.67. The Balaban J connectivity index is 1.65. The second-order valence-corrected chi connectivity index (χ2v) is 9.00. The van der Waals surface area contributed by atoms with Gasteiger partial charge >= 0.3 is 0 Å². The standard InChI is InChI=1S/C24H21ClN2S/c1-16-23(18-7-3-2-4-8-18)24-21(20-12-19(25)9-10-22(20)28-24)15-27(16)14-17-6-5-11-26-13-17/h2-13,16,23H,14-15H2,1H3. The van der Waals surface area contributed by atoms with E-state index in [2.05, 4.69) is 65.3 Å². The predicted octanol–water partition coefficient (Wildman–Crippen LogP) is 6.49. The van der Waals surface area contributed by atoms with E-state index in [0.29, 0.717) is 12.0 Å². The van der Waals surface area contributed by atoms with Crippen LogP contribution in [0.5, 0.6) is 0 Å². The van der Waals surface area contributed by atoms with Gasteiger partial charge in [0.05, 0.1) is 0 Å². The van der Waals surface area contributed by atoms with Crippen molar-refractivity contribution in [3.63, 3.8) is 0 Å². The van der Waals surface area contributed by atoms with Gasteiger partial charge in [-0.15, -0.1) is 11.3 Å². The third-order valence-corrected chi connectivity index (χ3v) is 7.28. The van der Waals surface area contributed by atoms with Gasteiger partial charge in [0.1, 0.15) is 0 Å². The van der Waals surface area contributed by atoms with Crippen molar-refractivity contribution < 1.29 is 0 Å². The molecule has 0 N–H and O–H groups in total. The van der Waals surface area contributed by atoms with Crippen molar-refractivity contribution >= 4 is 33.0 Å². The highest BCUT2D eigenvalue weighted by molar-refractivity contribution is 7.19. The number of halogens is 1. The Morgan fingerprint density at radius 3 is 2.75 bits per heavy atom. The molecule has 28 heavy (non-hydrogen) atoms. The third-order valence-electron chi connectivity index (χ3n) is 5.75. The number of pyridine rings is 1. The predicted molar refractivity (Wildman–Crippen MR) is 118 cm³/mol.